The fourth-order valence-electron chi connectivity index (χ4n) is 2.77. The molecule has 1 aromatic heterocycles. The minimum absolute atomic E-state index is 0.107. The van der Waals surface area contributed by atoms with E-state index < -0.39 is 0 Å². The standard InChI is InChI=1S/C19H21N3O/c1-5-18-20-16-11-14(8-9-17(16)22(18)4)19(23)21-15-10-12(2)6-7-13(15)3/h6-11H,5H2,1-4H3,(H,21,23). The lowest BCUT2D eigenvalue weighted by molar-refractivity contribution is 0.102. The van der Waals surface area contributed by atoms with Crippen LogP contribution < -0.4 is 5.32 Å². The van der Waals surface area contributed by atoms with Gasteiger partial charge in [-0.05, 0) is 49.2 Å². The number of amides is 1. The minimum Gasteiger partial charge on any atom is -0.331 e. The molecule has 0 saturated carbocycles. The zero-order chi connectivity index (χ0) is 16.6. The van der Waals surface area contributed by atoms with E-state index in [4.69, 9.17) is 0 Å². The summed E-state index contributed by atoms with van der Waals surface area (Å²) in [5.74, 6) is 0.913. The molecule has 1 N–H and O–H groups in total. The van der Waals surface area contributed by atoms with Crippen molar-refractivity contribution in [3.63, 3.8) is 0 Å². The number of carbonyl (C=O) groups excluding carboxylic acids is 1. The summed E-state index contributed by atoms with van der Waals surface area (Å²) in [6, 6.07) is 11.7. The quantitative estimate of drug-likeness (QED) is 0.795. The van der Waals surface area contributed by atoms with Crippen molar-refractivity contribution in [3.05, 3.63) is 58.9 Å². The fraction of sp³-hybridized carbons (Fsp3) is 0.263. The normalized spacial score (nSPS) is 11.0. The number of nitrogens with one attached hydrogen (secondary N) is 1. The maximum Gasteiger partial charge on any atom is 0.255 e. The van der Waals surface area contributed by atoms with Gasteiger partial charge >= 0.3 is 0 Å². The van der Waals surface area contributed by atoms with Crippen LogP contribution in [0.2, 0.25) is 0 Å². The van der Waals surface area contributed by atoms with E-state index in [9.17, 15) is 4.79 Å². The third-order valence-corrected chi connectivity index (χ3v) is 4.19. The van der Waals surface area contributed by atoms with Crippen LogP contribution in [-0.4, -0.2) is 15.5 Å². The summed E-state index contributed by atoms with van der Waals surface area (Å²) in [6.07, 6.45) is 0.870. The van der Waals surface area contributed by atoms with Gasteiger partial charge < -0.3 is 9.88 Å². The van der Waals surface area contributed by atoms with Gasteiger partial charge in [-0.3, -0.25) is 4.79 Å². The summed E-state index contributed by atoms with van der Waals surface area (Å²) >= 11 is 0. The molecule has 0 fully saturated rings. The van der Waals surface area contributed by atoms with Gasteiger partial charge in [-0.2, -0.15) is 0 Å². The van der Waals surface area contributed by atoms with E-state index in [1.165, 1.54) is 0 Å². The lowest BCUT2D eigenvalue weighted by Crippen LogP contribution is -2.12. The highest BCUT2D eigenvalue weighted by Crippen LogP contribution is 2.20. The molecule has 118 valence electrons. The van der Waals surface area contributed by atoms with Crippen molar-refractivity contribution >= 4 is 22.6 Å². The predicted octanol–water partition coefficient (Wildman–Crippen LogP) is 4.00. The fourth-order valence-corrected chi connectivity index (χ4v) is 2.77. The third-order valence-electron chi connectivity index (χ3n) is 4.19. The summed E-state index contributed by atoms with van der Waals surface area (Å²) in [7, 11) is 2.00. The van der Waals surface area contributed by atoms with Gasteiger partial charge in [0.2, 0.25) is 0 Å². The minimum atomic E-state index is -0.107. The van der Waals surface area contributed by atoms with Crippen molar-refractivity contribution < 1.29 is 4.79 Å². The Bertz CT molecular complexity index is 893. The van der Waals surface area contributed by atoms with Crippen LogP contribution in [-0.2, 0) is 13.5 Å². The molecule has 0 atom stereocenters. The topological polar surface area (TPSA) is 46.9 Å². The molecule has 3 aromatic rings. The Morgan fingerprint density at radius 1 is 1.17 bits per heavy atom. The number of carbonyl (C=O) groups is 1. The molecule has 0 radical (unpaired) electrons. The van der Waals surface area contributed by atoms with Crippen molar-refractivity contribution in [2.75, 3.05) is 5.32 Å². The van der Waals surface area contributed by atoms with Gasteiger partial charge in [0.25, 0.3) is 5.91 Å². The highest BCUT2D eigenvalue weighted by atomic mass is 16.1. The molecule has 3 rings (SSSR count). The van der Waals surface area contributed by atoms with Gasteiger partial charge in [-0.15, -0.1) is 0 Å². The van der Waals surface area contributed by atoms with Crippen molar-refractivity contribution in [2.24, 2.45) is 7.05 Å². The Labute approximate surface area is 136 Å². The van der Waals surface area contributed by atoms with Crippen LogP contribution in [0.15, 0.2) is 36.4 Å². The molecule has 0 aliphatic carbocycles. The number of rotatable bonds is 3. The van der Waals surface area contributed by atoms with Crippen LogP contribution >= 0.6 is 0 Å². The second-order valence-electron chi connectivity index (χ2n) is 5.92. The molecule has 4 heteroatoms. The second kappa shape index (κ2) is 5.88. The van der Waals surface area contributed by atoms with Crippen LogP contribution in [0, 0.1) is 13.8 Å². The zero-order valence-electron chi connectivity index (χ0n) is 14.0. The van der Waals surface area contributed by atoms with E-state index in [0.29, 0.717) is 5.56 Å². The lowest BCUT2D eigenvalue weighted by atomic mass is 10.1. The highest BCUT2D eigenvalue weighted by Gasteiger charge is 2.12. The third kappa shape index (κ3) is 2.84. The molecule has 0 saturated heterocycles. The van der Waals surface area contributed by atoms with E-state index in [1.807, 2.05) is 57.3 Å². The smallest absolute Gasteiger partial charge is 0.255 e. The molecule has 0 aliphatic heterocycles. The Hall–Kier alpha value is -2.62. The summed E-state index contributed by atoms with van der Waals surface area (Å²) in [5.41, 5.74) is 5.56. The number of aromatic nitrogens is 2. The number of aryl methyl sites for hydroxylation is 4. The summed E-state index contributed by atoms with van der Waals surface area (Å²) in [5, 5.41) is 2.99. The van der Waals surface area contributed by atoms with Crippen LogP contribution in [0.5, 0.6) is 0 Å². The molecule has 0 unspecified atom stereocenters. The molecular formula is C19H21N3O. The Balaban J connectivity index is 1.93. The Morgan fingerprint density at radius 2 is 1.96 bits per heavy atom. The number of nitrogens with zero attached hydrogens (tertiary/aromatic N) is 2. The summed E-state index contributed by atoms with van der Waals surface area (Å²) < 4.78 is 2.07. The average molecular weight is 307 g/mol. The Morgan fingerprint density at radius 3 is 2.70 bits per heavy atom. The Kier molecular flexibility index (Phi) is 3.90. The number of hydrogen-bond donors (Lipinski definition) is 1. The molecule has 1 amide bonds. The number of fused-ring (bicyclic) bond motifs is 1. The highest BCUT2D eigenvalue weighted by molar-refractivity contribution is 6.06. The van der Waals surface area contributed by atoms with Gasteiger partial charge in [0.05, 0.1) is 11.0 Å². The van der Waals surface area contributed by atoms with Gasteiger partial charge in [-0.1, -0.05) is 19.1 Å². The number of anilines is 1. The van der Waals surface area contributed by atoms with Crippen molar-refractivity contribution in [1.82, 2.24) is 9.55 Å². The van der Waals surface area contributed by atoms with E-state index in [-0.39, 0.29) is 5.91 Å². The molecular weight excluding hydrogens is 286 g/mol. The maximum atomic E-state index is 12.5. The molecule has 4 nitrogen and oxygen atoms in total. The summed E-state index contributed by atoms with van der Waals surface area (Å²) in [6.45, 7) is 6.08. The van der Waals surface area contributed by atoms with Crippen LogP contribution in [0.25, 0.3) is 11.0 Å². The molecule has 0 spiro atoms. The first kappa shape index (κ1) is 15.3. The lowest BCUT2D eigenvalue weighted by Gasteiger charge is -2.09. The first-order valence-electron chi connectivity index (χ1n) is 7.83. The second-order valence-corrected chi connectivity index (χ2v) is 5.92. The first-order valence-corrected chi connectivity index (χ1v) is 7.83. The van der Waals surface area contributed by atoms with Crippen LogP contribution in [0.4, 0.5) is 5.69 Å². The molecule has 1 heterocycles. The first-order chi connectivity index (χ1) is 11.0. The van der Waals surface area contributed by atoms with E-state index >= 15 is 0 Å². The van der Waals surface area contributed by atoms with Crippen molar-refractivity contribution in [1.29, 1.82) is 0 Å². The largest absolute Gasteiger partial charge is 0.331 e. The number of benzene rings is 2. The van der Waals surface area contributed by atoms with Gasteiger partial charge in [0.1, 0.15) is 5.82 Å². The van der Waals surface area contributed by atoms with Crippen molar-refractivity contribution in [2.45, 2.75) is 27.2 Å². The molecule has 0 aliphatic rings. The molecule has 23 heavy (non-hydrogen) atoms. The maximum absolute atomic E-state index is 12.5. The predicted molar refractivity (Wildman–Crippen MR) is 94.0 cm³/mol. The number of imidazole rings is 1. The van der Waals surface area contributed by atoms with E-state index in [2.05, 4.69) is 21.8 Å². The molecule has 2 aromatic carbocycles. The van der Waals surface area contributed by atoms with Gasteiger partial charge in [-0.25, -0.2) is 4.98 Å². The van der Waals surface area contributed by atoms with E-state index in [1.54, 1.807) is 0 Å². The van der Waals surface area contributed by atoms with Gasteiger partial charge in [0.15, 0.2) is 0 Å². The zero-order valence-corrected chi connectivity index (χ0v) is 14.0. The van der Waals surface area contributed by atoms with Crippen LogP contribution in [0.3, 0.4) is 0 Å². The SMILES string of the molecule is CCc1nc2cc(C(=O)Nc3cc(C)ccc3C)ccc2n1C. The van der Waals surface area contributed by atoms with Crippen LogP contribution in [0.1, 0.15) is 34.2 Å². The number of hydrogen-bond acceptors (Lipinski definition) is 2. The average Bonchev–Trinajstić information content (AvgIpc) is 2.86. The van der Waals surface area contributed by atoms with E-state index in [0.717, 1.165) is 40.1 Å². The monoisotopic (exact) mass is 307 g/mol. The van der Waals surface area contributed by atoms with Crippen molar-refractivity contribution in [3.8, 4) is 0 Å². The summed E-state index contributed by atoms with van der Waals surface area (Å²) in [4.78, 5) is 17.1. The molecule has 0 bridgehead atoms. The van der Waals surface area contributed by atoms with Gasteiger partial charge in [0, 0.05) is 24.7 Å².